The number of hydroxylamine groups is 1. The molecule has 76 valence electrons. The van der Waals surface area contributed by atoms with Crippen molar-refractivity contribution < 1.29 is 9.63 Å². The van der Waals surface area contributed by atoms with Gasteiger partial charge in [0, 0.05) is 24.1 Å². The van der Waals surface area contributed by atoms with Crippen molar-refractivity contribution in [2.45, 2.75) is 19.9 Å². The largest absolute Gasteiger partial charge is 0.341 e. The summed E-state index contributed by atoms with van der Waals surface area (Å²) in [7, 11) is 0. The van der Waals surface area contributed by atoms with Gasteiger partial charge in [-0.25, -0.2) is 10.3 Å². The molecule has 0 aromatic heterocycles. The summed E-state index contributed by atoms with van der Waals surface area (Å²) in [5, 5.41) is 0. The van der Waals surface area contributed by atoms with Crippen LogP contribution in [0.1, 0.15) is 13.8 Å². The summed E-state index contributed by atoms with van der Waals surface area (Å²) in [5.74, 6) is 2.03. The lowest BCUT2D eigenvalue weighted by Gasteiger charge is -2.32. The van der Waals surface area contributed by atoms with Gasteiger partial charge in [0.2, 0.25) is 0 Å². The molecule has 1 unspecified atom stereocenters. The fraction of sp³-hybridized carbons (Fsp3) is 0.875. The Morgan fingerprint density at radius 3 is 3.15 bits per heavy atom. The van der Waals surface area contributed by atoms with E-state index in [-0.39, 0.29) is 6.03 Å². The third-order valence-electron chi connectivity index (χ3n) is 1.93. The van der Waals surface area contributed by atoms with Crippen molar-refractivity contribution in [1.82, 2.24) is 10.4 Å². The molecule has 5 heteroatoms. The quantitative estimate of drug-likeness (QED) is 0.684. The number of carbonyl (C=O) groups excluding carboxylic acids is 1. The second kappa shape index (κ2) is 5.34. The van der Waals surface area contributed by atoms with Crippen molar-refractivity contribution >= 4 is 17.8 Å². The summed E-state index contributed by atoms with van der Waals surface area (Å²) < 4.78 is 0. The summed E-state index contributed by atoms with van der Waals surface area (Å²) in [6, 6.07) is 0.189. The number of hydrogen-bond donors (Lipinski definition) is 1. The molecule has 0 aromatic carbocycles. The lowest BCUT2D eigenvalue weighted by atomic mass is 10.3. The highest BCUT2D eigenvalue weighted by Gasteiger charge is 2.23. The van der Waals surface area contributed by atoms with Gasteiger partial charge in [-0.15, -0.1) is 0 Å². The molecular weight excluding hydrogens is 188 g/mol. The summed E-state index contributed by atoms with van der Waals surface area (Å²) >= 11 is 1.89. The number of nitrogens with one attached hydrogen (secondary N) is 1. The Morgan fingerprint density at radius 2 is 2.54 bits per heavy atom. The SMILES string of the molecule is CCONC(=O)N1CCSCC1C. The van der Waals surface area contributed by atoms with Crippen LogP contribution in [-0.2, 0) is 4.84 Å². The van der Waals surface area contributed by atoms with Gasteiger partial charge in [0.05, 0.1) is 6.61 Å². The van der Waals surface area contributed by atoms with Crippen LogP contribution in [0.2, 0.25) is 0 Å². The van der Waals surface area contributed by atoms with E-state index in [9.17, 15) is 4.79 Å². The fourth-order valence-electron chi connectivity index (χ4n) is 1.22. The van der Waals surface area contributed by atoms with Gasteiger partial charge in [-0.2, -0.15) is 11.8 Å². The van der Waals surface area contributed by atoms with E-state index in [4.69, 9.17) is 4.84 Å². The summed E-state index contributed by atoms with van der Waals surface area (Å²) in [5.41, 5.74) is 2.41. The molecule has 1 saturated heterocycles. The van der Waals surface area contributed by atoms with Crippen molar-refractivity contribution in [1.29, 1.82) is 0 Å². The first-order valence-electron chi connectivity index (χ1n) is 4.52. The highest BCUT2D eigenvalue weighted by atomic mass is 32.2. The molecule has 0 aliphatic carbocycles. The van der Waals surface area contributed by atoms with Gasteiger partial charge in [0.15, 0.2) is 0 Å². The molecule has 1 fully saturated rings. The Morgan fingerprint density at radius 1 is 1.77 bits per heavy atom. The van der Waals surface area contributed by atoms with E-state index in [0.29, 0.717) is 12.6 Å². The number of hydrogen-bond acceptors (Lipinski definition) is 3. The van der Waals surface area contributed by atoms with Gasteiger partial charge in [0.1, 0.15) is 0 Å². The Balaban J connectivity index is 2.35. The van der Waals surface area contributed by atoms with Crippen molar-refractivity contribution in [2.75, 3.05) is 24.7 Å². The van der Waals surface area contributed by atoms with E-state index in [1.807, 2.05) is 23.6 Å². The second-order valence-corrected chi connectivity index (χ2v) is 4.11. The van der Waals surface area contributed by atoms with Crippen LogP contribution in [0.3, 0.4) is 0 Å². The van der Waals surface area contributed by atoms with Crippen LogP contribution in [0.25, 0.3) is 0 Å². The monoisotopic (exact) mass is 204 g/mol. The zero-order chi connectivity index (χ0) is 9.68. The maximum absolute atomic E-state index is 11.4. The minimum Gasteiger partial charge on any atom is -0.319 e. The predicted molar refractivity (Wildman–Crippen MR) is 53.7 cm³/mol. The predicted octanol–water partition coefficient (Wildman–Crippen LogP) is 1.08. The normalized spacial score (nSPS) is 22.9. The topological polar surface area (TPSA) is 41.6 Å². The van der Waals surface area contributed by atoms with Gasteiger partial charge >= 0.3 is 6.03 Å². The third kappa shape index (κ3) is 3.08. The molecule has 1 N–H and O–H groups in total. The molecular formula is C8H16N2O2S. The minimum absolute atomic E-state index is 0.116. The number of rotatable bonds is 2. The lowest BCUT2D eigenvalue weighted by molar-refractivity contribution is 0.0525. The Labute approximate surface area is 82.9 Å². The second-order valence-electron chi connectivity index (χ2n) is 2.96. The molecule has 1 aliphatic rings. The lowest BCUT2D eigenvalue weighted by Crippen LogP contribution is -2.49. The maximum atomic E-state index is 11.4. The van der Waals surface area contributed by atoms with E-state index >= 15 is 0 Å². The van der Waals surface area contributed by atoms with Crippen molar-refractivity contribution in [2.24, 2.45) is 0 Å². The van der Waals surface area contributed by atoms with E-state index in [1.165, 1.54) is 0 Å². The van der Waals surface area contributed by atoms with Gasteiger partial charge in [-0.05, 0) is 13.8 Å². The molecule has 1 aliphatic heterocycles. The first-order valence-corrected chi connectivity index (χ1v) is 5.67. The highest BCUT2D eigenvalue weighted by Crippen LogP contribution is 2.15. The third-order valence-corrected chi connectivity index (χ3v) is 3.12. The summed E-state index contributed by atoms with van der Waals surface area (Å²) in [6.45, 7) is 5.21. The zero-order valence-corrected chi connectivity index (χ0v) is 8.89. The van der Waals surface area contributed by atoms with Crippen molar-refractivity contribution in [3.8, 4) is 0 Å². The molecule has 0 bridgehead atoms. The van der Waals surface area contributed by atoms with E-state index in [1.54, 1.807) is 0 Å². The molecule has 0 spiro atoms. The molecule has 1 atom stereocenters. The number of amides is 2. The molecule has 0 radical (unpaired) electrons. The Bertz CT molecular complexity index is 178. The molecule has 1 rings (SSSR count). The number of nitrogens with zero attached hydrogens (tertiary/aromatic N) is 1. The smallest absolute Gasteiger partial charge is 0.319 e. The minimum atomic E-state index is -0.116. The molecule has 2 amide bonds. The number of carbonyl (C=O) groups is 1. The van der Waals surface area contributed by atoms with E-state index in [0.717, 1.165) is 18.1 Å². The Hall–Kier alpha value is -0.420. The van der Waals surface area contributed by atoms with Gasteiger partial charge in [-0.1, -0.05) is 0 Å². The Kier molecular flexibility index (Phi) is 4.38. The molecule has 1 heterocycles. The molecule has 0 saturated carbocycles. The number of urea groups is 1. The highest BCUT2D eigenvalue weighted by molar-refractivity contribution is 7.99. The maximum Gasteiger partial charge on any atom is 0.341 e. The van der Waals surface area contributed by atoms with Crippen LogP contribution in [0.15, 0.2) is 0 Å². The summed E-state index contributed by atoms with van der Waals surface area (Å²) in [6.07, 6.45) is 0. The standard InChI is InChI=1S/C8H16N2O2S/c1-3-12-9-8(11)10-4-5-13-6-7(10)2/h7H,3-6H2,1-2H3,(H,9,11). The first-order chi connectivity index (χ1) is 6.25. The van der Waals surface area contributed by atoms with E-state index in [2.05, 4.69) is 12.4 Å². The van der Waals surface area contributed by atoms with Crippen LogP contribution in [0, 0.1) is 0 Å². The van der Waals surface area contributed by atoms with Crippen LogP contribution in [0.4, 0.5) is 4.79 Å². The van der Waals surface area contributed by atoms with Crippen LogP contribution in [0.5, 0.6) is 0 Å². The first kappa shape index (κ1) is 10.7. The van der Waals surface area contributed by atoms with Gasteiger partial charge in [-0.3, -0.25) is 4.84 Å². The van der Waals surface area contributed by atoms with E-state index < -0.39 is 0 Å². The fourth-order valence-corrected chi connectivity index (χ4v) is 2.23. The molecule has 0 aromatic rings. The van der Waals surface area contributed by atoms with Crippen LogP contribution < -0.4 is 5.48 Å². The number of thioether (sulfide) groups is 1. The average Bonchev–Trinajstić information content (AvgIpc) is 2.15. The van der Waals surface area contributed by atoms with Crippen molar-refractivity contribution in [3.63, 3.8) is 0 Å². The van der Waals surface area contributed by atoms with Gasteiger partial charge < -0.3 is 4.90 Å². The summed E-state index contributed by atoms with van der Waals surface area (Å²) in [4.78, 5) is 18.1. The van der Waals surface area contributed by atoms with Crippen molar-refractivity contribution in [3.05, 3.63) is 0 Å². The molecule has 4 nitrogen and oxygen atoms in total. The van der Waals surface area contributed by atoms with Gasteiger partial charge in [0.25, 0.3) is 0 Å². The van der Waals surface area contributed by atoms with Crippen LogP contribution in [-0.4, -0.2) is 41.6 Å². The zero-order valence-electron chi connectivity index (χ0n) is 8.08. The molecule has 13 heavy (non-hydrogen) atoms. The van der Waals surface area contributed by atoms with Crippen LogP contribution >= 0.6 is 11.8 Å². The average molecular weight is 204 g/mol.